The first-order chi connectivity index (χ1) is 13.9. The van der Waals surface area contributed by atoms with Gasteiger partial charge in [0.15, 0.2) is 0 Å². The number of hydrogen-bond acceptors (Lipinski definition) is 5. The molecule has 3 rings (SSSR count). The summed E-state index contributed by atoms with van der Waals surface area (Å²) in [5, 5.41) is 5.27. The van der Waals surface area contributed by atoms with Gasteiger partial charge in [-0.25, -0.2) is 4.98 Å². The smallest absolute Gasteiger partial charge is 0.243 e. The van der Waals surface area contributed by atoms with E-state index in [0.717, 1.165) is 11.3 Å². The van der Waals surface area contributed by atoms with Gasteiger partial charge in [0.05, 0.1) is 18.3 Å². The number of benzene rings is 1. The minimum atomic E-state index is -0.640. The summed E-state index contributed by atoms with van der Waals surface area (Å²) in [6.07, 6.45) is 3.83. The lowest BCUT2D eigenvalue weighted by molar-refractivity contribution is -0.125. The van der Waals surface area contributed by atoms with Crippen molar-refractivity contribution < 1.29 is 14.3 Å². The molecular weight excluding hydrogens is 441 g/mol. The number of amides is 2. The first-order valence-electron chi connectivity index (χ1n) is 9.41. The SMILES string of the molecule is CC(C)[C@H](N)C(=O)NCC(=O)Nc1cccc(OCc2cn3ccccc3n2)c1.Cl.Cl. The van der Waals surface area contributed by atoms with Crippen LogP contribution in [0.2, 0.25) is 0 Å². The molecule has 0 bridgehead atoms. The molecule has 31 heavy (non-hydrogen) atoms. The van der Waals surface area contributed by atoms with Crippen molar-refractivity contribution in [1.82, 2.24) is 14.7 Å². The van der Waals surface area contributed by atoms with Gasteiger partial charge in [0.2, 0.25) is 11.8 Å². The highest BCUT2D eigenvalue weighted by Gasteiger charge is 2.17. The fraction of sp³-hybridized carbons (Fsp3) is 0.286. The zero-order valence-corrected chi connectivity index (χ0v) is 18.9. The maximum absolute atomic E-state index is 12.1. The average molecular weight is 468 g/mol. The van der Waals surface area contributed by atoms with Gasteiger partial charge in [0.1, 0.15) is 18.0 Å². The second kappa shape index (κ2) is 12.1. The normalized spacial score (nSPS) is 11.2. The Morgan fingerprint density at radius 2 is 1.94 bits per heavy atom. The van der Waals surface area contributed by atoms with E-state index in [1.165, 1.54) is 0 Å². The van der Waals surface area contributed by atoms with Gasteiger partial charge in [-0.05, 0) is 30.2 Å². The molecule has 2 amide bonds. The monoisotopic (exact) mass is 467 g/mol. The summed E-state index contributed by atoms with van der Waals surface area (Å²) < 4.78 is 7.71. The minimum Gasteiger partial charge on any atom is -0.487 e. The predicted octanol–water partition coefficient (Wildman–Crippen LogP) is 2.79. The third kappa shape index (κ3) is 7.43. The Morgan fingerprint density at radius 3 is 2.65 bits per heavy atom. The van der Waals surface area contributed by atoms with Gasteiger partial charge >= 0.3 is 0 Å². The van der Waals surface area contributed by atoms with Gasteiger partial charge in [-0.15, -0.1) is 24.8 Å². The zero-order chi connectivity index (χ0) is 20.8. The number of ether oxygens (including phenoxy) is 1. The van der Waals surface area contributed by atoms with Crippen LogP contribution >= 0.6 is 24.8 Å². The number of aromatic nitrogens is 2. The number of nitrogens with zero attached hydrogens (tertiary/aromatic N) is 2. The van der Waals surface area contributed by atoms with E-state index in [9.17, 15) is 9.59 Å². The van der Waals surface area contributed by atoms with Gasteiger partial charge in [0, 0.05) is 24.1 Å². The van der Waals surface area contributed by atoms with Crippen LogP contribution in [0.3, 0.4) is 0 Å². The van der Waals surface area contributed by atoms with E-state index in [4.69, 9.17) is 10.5 Å². The molecule has 10 heteroatoms. The van der Waals surface area contributed by atoms with Crippen molar-refractivity contribution in [3.63, 3.8) is 0 Å². The van der Waals surface area contributed by atoms with E-state index in [1.54, 1.807) is 24.3 Å². The first kappa shape index (κ1) is 26.2. The van der Waals surface area contributed by atoms with Crippen molar-refractivity contribution in [1.29, 1.82) is 0 Å². The molecule has 3 aromatic rings. The molecule has 8 nitrogen and oxygen atoms in total. The summed E-state index contributed by atoms with van der Waals surface area (Å²) in [7, 11) is 0. The van der Waals surface area contributed by atoms with E-state index >= 15 is 0 Å². The summed E-state index contributed by atoms with van der Waals surface area (Å²) in [6.45, 7) is 3.86. The number of nitrogens with two attached hydrogens (primary N) is 1. The highest BCUT2D eigenvalue weighted by Crippen LogP contribution is 2.18. The van der Waals surface area contributed by atoms with Crippen LogP contribution in [0.5, 0.6) is 5.75 Å². The van der Waals surface area contributed by atoms with Crippen LogP contribution in [0.4, 0.5) is 5.69 Å². The summed E-state index contributed by atoms with van der Waals surface area (Å²) in [5.74, 6) is -0.0861. The number of hydrogen-bond donors (Lipinski definition) is 3. The van der Waals surface area contributed by atoms with Gasteiger partial charge in [-0.1, -0.05) is 26.0 Å². The molecule has 168 valence electrons. The lowest BCUT2D eigenvalue weighted by Crippen LogP contribution is -2.46. The predicted molar refractivity (Wildman–Crippen MR) is 125 cm³/mol. The van der Waals surface area contributed by atoms with Gasteiger partial charge in [-0.2, -0.15) is 0 Å². The van der Waals surface area contributed by atoms with Crippen LogP contribution in [0, 0.1) is 5.92 Å². The Kier molecular flexibility index (Phi) is 10.3. The zero-order valence-electron chi connectivity index (χ0n) is 17.3. The number of nitrogens with one attached hydrogen (secondary N) is 2. The van der Waals surface area contributed by atoms with Crippen molar-refractivity contribution in [2.75, 3.05) is 11.9 Å². The van der Waals surface area contributed by atoms with Crippen molar-refractivity contribution in [3.05, 3.63) is 60.6 Å². The quantitative estimate of drug-likeness (QED) is 0.471. The van der Waals surface area contributed by atoms with Crippen LogP contribution in [0.25, 0.3) is 5.65 Å². The van der Waals surface area contributed by atoms with Crippen molar-refractivity contribution in [2.24, 2.45) is 11.7 Å². The third-order valence-corrected chi connectivity index (χ3v) is 4.36. The molecule has 1 aromatic carbocycles. The van der Waals surface area contributed by atoms with E-state index in [1.807, 2.05) is 48.8 Å². The standard InChI is InChI=1S/C21H25N5O3.2ClH/c1-14(2)20(22)21(28)23-11-19(27)25-15-6-5-7-17(10-15)29-13-16-12-26-9-4-3-8-18(26)24-16;;/h3-10,12,14,20H,11,13,22H2,1-2H3,(H,23,28)(H,25,27);2*1H/t20-;;/m0../s1. The van der Waals surface area contributed by atoms with Gasteiger partial charge < -0.3 is 25.5 Å². The summed E-state index contributed by atoms with van der Waals surface area (Å²) in [6, 6.07) is 12.2. The lowest BCUT2D eigenvalue weighted by Gasteiger charge is -2.15. The molecule has 0 spiro atoms. The molecule has 1 atom stereocenters. The number of rotatable bonds is 8. The molecule has 0 saturated carbocycles. The topological polar surface area (TPSA) is 111 Å². The van der Waals surface area contributed by atoms with E-state index < -0.39 is 6.04 Å². The molecule has 2 aromatic heterocycles. The molecule has 0 saturated heterocycles. The van der Waals surface area contributed by atoms with Crippen LogP contribution in [0.15, 0.2) is 54.9 Å². The van der Waals surface area contributed by atoms with Crippen LogP contribution in [-0.2, 0) is 16.2 Å². The van der Waals surface area contributed by atoms with Gasteiger partial charge in [0.25, 0.3) is 0 Å². The molecule has 0 aliphatic rings. The van der Waals surface area contributed by atoms with Gasteiger partial charge in [-0.3, -0.25) is 9.59 Å². The van der Waals surface area contributed by atoms with E-state index in [2.05, 4.69) is 15.6 Å². The average Bonchev–Trinajstić information content (AvgIpc) is 3.13. The second-order valence-electron chi connectivity index (χ2n) is 7.05. The highest BCUT2D eigenvalue weighted by molar-refractivity contribution is 5.95. The Morgan fingerprint density at radius 1 is 1.16 bits per heavy atom. The molecule has 4 N–H and O–H groups in total. The van der Waals surface area contributed by atoms with Crippen LogP contribution in [-0.4, -0.2) is 33.8 Å². The molecule has 0 radical (unpaired) electrons. The maximum atomic E-state index is 12.1. The van der Waals surface area contributed by atoms with E-state index in [-0.39, 0.29) is 49.1 Å². The minimum absolute atomic E-state index is 0. The lowest BCUT2D eigenvalue weighted by atomic mass is 10.1. The maximum Gasteiger partial charge on any atom is 0.243 e. The Hall–Kier alpha value is -2.81. The summed E-state index contributed by atoms with van der Waals surface area (Å²) in [5.41, 5.74) is 7.99. The van der Waals surface area contributed by atoms with Crippen LogP contribution in [0.1, 0.15) is 19.5 Å². The Labute approximate surface area is 193 Å². The van der Waals surface area contributed by atoms with Crippen molar-refractivity contribution in [2.45, 2.75) is 26.5 Å². The fourth-order valence-corrected chi connectivity index (χ4v) is 2.67. The number of anilines is 1. The largest absolute Gasteiger partial charge is 0.487 e. The number of imidazole rings is 1. The van der Waals surface area contributed by atoms with Crippen LogP contribution < -0.4 is 21.1 Å². The third-order valence-electron chi connectivity index (χ3n) is 4.36. The first-order valence-corrected chi connectivity index (χ1v) is 9.41. The molecule has 2 heterocycles. The number of carbonyl (C=O) groups excluding carboxylic acids is 2. The second-order valence-corrected chi connectivity index (χ2v) is 7.05. The number of carbonyl (C=O) groups is 2. The number of halogens is 2. The summed E-state index contributed by atoms with van der Waals surface area (Å²) >= 11 is 0. The molecule has 0 unspecified atom stereocenters. The molecule has 0 aliphatic heterocycles. The van der Waals surface area contributed by atoms with Crippen molar-refractivity contribution >= 4 is 48.0 Å². The molecule has 0 fully saturated rings. The summed E-state index contributed by atoms with van der Waals surface area (Å²) in [4.78, 5) is 28.4. The van der Waals surface area contributed by atoms with E-state index in [0.29, 0.717) is 18.0 Å². The number of fused-ring (bicyclic) bond motifs is 1. The molecular formula is C21H27Cl2N5O3. The highest BCUT2D eigenvalue weighted by atomic mass is 35.5. The Balaban J connectivity index is 0.00000240. The Bertz CT molecular complexity index is 976. The fourth-order valence-electron chi connectivity index (χ4n) is 2.67. The molecule has 0 aliphatic carbocycles. The van der Waals surface area contributed by atoms with Crippen molar-refractivity contribution in [3.8, 4) is 5.75 Å². The number of pyridine rings is 1.